The van der Waals surface area contributed by atoms with Gasteiger partial charge in [-0.3, -0.25) is 4.90 Å². The number of halogens is 5. The van der Waals surface area contributed by atoms with Gasteiger partial charge < -0.3 is 0 Å². The lowest BCUT2D eigenvalue weighted by Gasteiger charge is -2.36. The number of quaternary nitrogens is 1. The molecular weight excluding hydrogens is 496 g/mol. The summed E-state index contributed by atoms with van der Waals surface area (Å²) in [6, 6.07) is 0. The van der Waals surface area contributed by atoms with Crippen molar-refractivity contribution in [2.75, 3.05) is 13.3 Å². The van der Waals surface area contributed by atoms with Crippen LogP contribution in [0.3, 0.4) is 0 Å². The maximum atomic E-state index is 13.9. The maximum absolute atomic E-state index is 13.9. The highest BCUT2D eigenvalue weighted by Gasteiger charge is 2.31. The summed E-state index contributed by atoms with van der Waals surface area (Å²) in [7, 11) is 0. The van der Waals surface area contributed by atoms with Crippen molar-refractivity contribution in [1.29, 1.82) is 0 Å². The van der Waals surface area contributed by atoms with Gasteiger partial charge in [0, 0.05) is 11.5 Å². The molecule has 0 aliphatic carbocycles. The van der Waals surface area contributed by atoms with Crippen LogP contribution in [0, 0.1) is 36.1 Å². The molecule has 0 amide bonds. The van der Waals surface area contributed by atoms with Gasteiger partial charge in [0.05, 0.1) is 6.54 Å². The van der Waals surface area contributed by atoms with Crippen LogP contribution in [-0.4, -0.2) is 26.4 Å². The van der Waals surface area contributed by atoms with Gasteiger partial charge in [0.15, 0.2) is 11.6 Å². The first-order chi connectivity index (χ1) is 17.6. The molecule has 1 rings (SSSR count). The Kier molecular flexibility index (Phi) is 19.9. The summed E-state index contributed by atoms with van der Waals surface area (Å²) in [6.07, 6.45) is 13.3. The summed E-state index contributed by atoms with van der Waals surface area (Å²) in [4.78, 5) is -0.164. The fourth-order valence-electron chi connectivity index (χ4n) is 5.71. The Morgan fingerprint density at radius 3 is 1.43 bits per heavy atom. The normalized spacial score (nSPS) is 13.3. The second-order valence-electron chi connectivity index (χ2n) is 11.4. The molecular formula is C30H55AlF5N. The van der Waals surface area contributed by atoms with E-state index < -0.39 is 54.4 Å². The molecule has 218 valence electrons. The molecule has 2 unspecified atom stereocenters. The molecule has 0 spiro atoms. The fourth-order valence-corrected chi connectivity index (χ4v) is 12.5. The Labute approximate surface area is 227 Å². The number of unbranched alkanes of at least 4 members (excludes halogenated alkanes) is 4. The molecule has 0 radical (unpaired) electrons. The van der Waals surface area contributed by atoms with Gasteiger partial charge in [0.25, 0.3) is 0 Å². The van der Waals surface area contributed by atoms with Gasteiger partial charge in [0.2, 0.25) is 24.1 Å². The fraction of sp³-hybridized carbons (Fsp3) is 0.800. The summed E-state index contributed by atoms with van der Waals surface area (Å²) in [5.74, 6) is -6.19. The Bertz CT molecular complexity index is 677. The van der Waals surface area contributed by atoms with E-state index in [4.69, 9.17) is 0 Å². The van der Waals surface area contributed by atoms with E-state index in [0.29, 0.717) is 0 Å². The number of rotatable bonds is 18. The van der Waals surface area contributed by atoms with E-state index in [1.165, 1.54) is 51.4 Å². The average molecular weight is 552 g/mol. The van der Waals surface area contributed by atoms with Crippen molar-refractivity contribution in [3.63, 3.8) is 0 Å². The standard InChI is InChI=1S/C14H18F5N.4C4H9.Al/c1-4-5-8(2)6-20(7-15)14-11(17)9(3)10(16)12(18)13(14)19;4*1-3-4-2;/h8H,4-7H2,1-3H3;4*1,3-4H2,2H3;/q;;;;;-1/p+1. The molecule has 0 heterocycles. The lowest BCUT2D eigenvalue weighted by Crippen LogP contribution is -3.08. The van der Waals surface area contributed by atoms with Gasteiger partial charge in [-0.25, -0.2) is 8.78 Å². The number of hydrogen-bond acceptors (Lipinski definition) is 0. The third-order valence-corrected chi connectivity index (χ3v) is 14.6. The molecule has 0 fully saturated rings. The highest BCUT2D eigenvalue weighted by Crippen LogP contribution is 2.33. The molecule has 2 atom stereocenters. The average Bonchev–Trinajstić information content (AvgIpc) is 2.90. The molecule has 0 aliphatic heterocycles. The number of benzene rings is 1. The van der Waals surface area contributed by atoms with E-state index in [2.05, 4.69) is 27.7 Å². The lowest BCUT2D eigenvalue weighted by atomic mass is 10.0. The van der Waals surface area contributed by atoms with Crippen LogP contribution in [0.1, 0.15) is 111 Å². The van der Waals surface area contributed by atoms with Gasteiger partial charge >= 0.3 is 0 Å². The van der Waals surface area contributed by atoms with Crippen molar-refractivity contribution in [3.8, 4) is 0 Å². The van der Waals surface area contributed by atoms with E-state index in [9.17, 15) is 22.0 Å². The zero-order valence-corrected chi connectivity index (χ0v) is 26.0. The van der Waals surface area contributed by atoms with Crippen molar-refractivity contribution in [3.05, 3.63) is 28.8 Å². The van der Waals surface area contributed by atoms with Gasteiger partial charge in [0.1, 0.15) is 13.1 Å². The second kappa shape index (κ2) is 20.3. The van der Waals surface area contributed by atoms with Gasteiger partial charge in [-0.1, -0.05) is 99.3 Å². The van der Waals surface area contributed by atoms with Crippen LogP contribution >= 0.6 is 0 Å². The third-order valence-electron chi connectivity index (χ3n) is 8.05. The van der Waals surface area contributed by atoms with E-state index in [1.807, 2.05) is 13.8 Å². The van der Waals surface area contributed by atoms with Crippen molar-refractivity contribution in [2.24, 2.45) is 5.92 Å². The van der Waals surface area contributed by atoms with Crippen molar-refractivity contribution >= 4 is 18.8 Å². The Balaban J connectivity index is 0.000000712. The van der Waals surface area contributed by atoms with E-state index in [0.717, 1.165) is 19.8 Å². The molecule has 0 saturated carbocycles. The van der Waals surface area contributed by atoms with Crippen LogP contribution in [0.15, 0.2) is 0 Å². The van der Waals surface area contributed by atoms with Crippen LogP contribution in [0.25, 0.3) is 0 Å². The first-order valence-corrected chi connectivity index (χ1v) is 18.3. The molecule has 1 aromatic rings. The molecule has 0 saturated heterocycles. The summed E-state index contributed by atoms with van der Waals surface area (Å²) in [6.45, 7) is 13.2. The molecule has 0 aromatic heterocycles. The quantitative estimate of drug-likeness (QED) is 0.0609. The molecule has 1 aromatic carbocycles. The van der Waals surface area contributed by atoms with E-state index in [-0.39, 0.29) is 17.4 Å². The zero-order valence-electron chi connectivity index (χ0n) is 24.9. The molecule has 0 aliphatic rings. The summed E-state index contributed by atoms with van der Waals surface area (Å²) < 4.78 is 67.3. The molecule has 1 nitrogen and oxygen atoms in total. The lowest BCUT2D eigenvalue weighted by molar-refractivity contribution is -0.853. The van der Waals surface area contributed by atoms with Gasteiger partial charge in [-0.05, 0) is 13.3 Å². The largest absolute Gasteiger partial charge is 0.271 e. The van der Waals surface area contributed by atoms with Crippen LogP contribution in [0.5, 0.6) is 0 Å². The van der Waals surface area contributed by atoms with E-state index >= 15 is 0 Å². The zero-order chi connectivity index (χ0) is 28.4. The second-order valence-corrected chi connectivity index (χ2v) is 17.2. The SMILES string of the molecule is CCCC(C)C[NH+](CF)c1c(F)c(C)c(F)c(F)c1F.CCC[CH2][Al-]([CH2]CCC)([CH2]CCC)[CH2]CCC. The molecule has 1 N–H and O–H groups in total. The van der Waals surface area contributed by atoms with Crippen LogP contribution < -0.4 is 4.90 Å². The van der Waals surface area contributed by atoms with Gasteiger partial charge in [-0.2, -0.15) is 34.3 Å². The van der Waals surface area contributed by atoms with Crippen LogP contribution in [0.4, 0.5) is 27.6 Å². The first-order valence-electron chi connectivity index (χ1n) is 15.0. The highest BCUT2D eigenvalue weighted by atomic mass is 27.2. The Morgan fingerprint density at radius 2 is 1.08 bits per heavy atom. The monoisotopic (exact) mass is 551 g/mol. The van der Waals surface area contributed by atoms with Crippen LogP contribution in [0.2, 0.25) is 21.1 Å². The van der Waals surface area contributed by atoms with Crippen molar-refractivity contribution in [2.45, 2.75) is 134 Å². The third kappa shape index (κ3) is 12.4. The summed E-state index contributed by atoms with van der Waals surface area (Å²) in [5, 5.41) is 6.62. The minimum atomic E-state index is -1.76. The summed E-state index contributed by atoms with van der Waals surface area (Å²) >= 11 is -1.20. The number of hydrogen-bond donors (Lipinski definition) is 1. The first kappa shape index (κ1) is 36.4. The predicted molar refractivity (Wildman–Crippen MR) is 151 cm³/mol. The molecule has 37 heavy (non-hydrogen) atoms. The van der Waals surface area contributed by atoms with Crippen LogP contribution in [-0.2, 0) is 0 Å². The Morgan fingerprint density at radius 1 is 0.649 bits per heavy atom. The molecule has 0 bridgehead atoms. The predicted octanol–water partition coefficient (Wildman–Crippen LogP) is 10.1. The Hall–Kier alpha value is -0.638. The number of nitrogens with one attached hydrogen (secondary N) is 1. The minimum Gasteiger partial charge on any atom is -0.271 e. The number of alkyl halides is 1. The van der Waals surface area contributed by atoms with E-state index in [1.54, 1.807) is 21.1 Å². The topological polar surface area (TPSA) is 4.44 Å². The molecule has 7 heteroatoms. The maximum Gasteiger partial charge on any atom is 0.225 e. The smallest absolute Gasteiger partial charge is 0.225 e. The summed E-state index contributed by atoms with van der Waals surface area (Å²) in [5.41, 5.74) is -1.39. The van der Waals surface area contributed by atoms with Crippen molar-refractivity contribution < 1.29 is 26.9 Å². The van der Waals surface area contributed by atoms with Crippen molar-refractivity contribution in [1.82, 2.24) is 0 Å². The highest BCUT2D eigenvalue weighted by molar-refractivity contribution is 6.79. The van der Waals surface area contributed by atoms with Gasteiger partial charge in [-0.15, -0.1) is 0 Å². The minimum absolute atomic E-state index is 0.0120.